The standard InChI is InChI=1S/C23H22ClNO4/c1-3-28-22-20(24)13-17(14-21(22)29-15-16-7-5-4-6-8-16)23(26)25-18-9-11-19(27-2)12-10-18/h4-14H,3,15H2,1-2H3,(H,25,26). The minimum atomic E-state index is -0.301. The van der Waals surface area contributed by atoms with Gasteiger partial charge >= 0.3 is 0 Å². The number of carbonyl (C=O) groups excluding carboxylic acids is 1. The maximum absolute atomic E-state index is 12.7. The summed E-state index contributed by atoms with van der Waals surface area (Å²) in [6.07, 6.45) is 0. The van der Waals surface area contributed by atoms with Crippen LogP contribution in [0.25, 0.3) is 0 Å². The largest absolute Gasteiger partial charge is 0.497 e. The summed E-state index contributed by atoms with van der Waals surface area (Å²) in [6.45, 7) is 2.63. The molecule has 3 aromatic carbocycles. The maximum atomic E-state index is 12.7. The molecule has 0 aliphatic carbocycles. The van der Waals surface area contributed by atoms with Crippen LogP contribution in [0.15, 0.2) is 66.7 Å². The topological polar surface area (TPSA) is 56.8 Å². The summed E-state index contributed by atoms with van der Waals surface area (Å²) in [6, 6.07) is 20.0. The number of anilines is 1. The number of benzene rings is 3. The molecule has 0 radical (unpaired) electrons. The third-order valence-electron chi connectivity index (χ3n) is 4.15. The second-order valence-corrected chi connectivity index (χ2v) is 6.58. The van der Waals surface area contributed by atoms with Gasteiger partial charge in [-0.1, -0.05) is 41.9 Å². The van der Waals surface area contributed by atoms with Crippen LogP contribution in [0, 0.1) is 0 Å². The lowest BCUT2D eigenvalue weighted by Gasteiger charge is -2.15. The van der Waals surface area contributed by atoms with E-state index in [2.05, 4.69) is 5.32 Å². The number of carbonyl (C=O) groups is 1. The zero-order chi connectivity index (χ0) is 20.6. The van der Waals surface area contributed by atoms with Crippen LogP contribution in [0.3, 0.4) is 0 Å². The van der Waals surface area contributed by atoms with Crippen molar-refractivity contribution < 1.29 is 19.0 Å². The fourth-order valence-corrected chi connectivity index (χ4v) is 2.97. The molecule has 150 valence electrons. The van der Waals surface area contributed by atoms with Crippen molar-refractivity contribution in [2.75, 3.05) is 19.0 Å². The number of hydrogen-bond donors (Lipinski definition) is 1. The number of nitrogens with one attached hydrogen (secondary N) is 1. The third kappa shape index (κ3) is 5.42. The van der Waals surface area contributed by atoms with Gasteiger partial charge in [-0.25, -0.2) is 0 Å². The Morgan fingerprint density at radius 1 is 1.00 bits per heavy atom. The van der Waals surface area contributed by atoms with Crippen molar-refractivity contribution >= 4 is 23.2 Å². The van der Waals surface area contributed by atoms with Crippen LogP contribution < -0.4 is 19.5 Å². The van der Waals surface area contributed by atoms with E-state index in [1.807, 2.05) is 37.3 Å². The summed E-state index contributed by atoms with van der Waals surface area (Å²) in [5.74, 6) is 1.25. The molecule has 1 amide bonds. The van der Waals surface area contributed by atoms with E-state index in [9.17, 15) is 4.79 Å². The predicted octanol–water partition coefficient (Wildman–Crippen LogP) is 5.58. The van der Waals surface area contributed by atoms with Gasteiger partial charge in [0.25, 0.3) is 5.91 Å². The van der Waals surface area contributed by atoms with Gasteiger partial charge in [0.1, 0.15) is 12.4 Å². The lowest BCUT2D eigenvalue weighted by Crippen LogP contribution is -2.12. The first kappa shape index (κ1) is 20.6. The molecule has 3 aromatic rings. The average molecular weight is 412 g/mol. The number of methoxy groups -OCH3 is 1. The zero-order valence-corrected chi connectivity index (χ0v) is 17.0. The maximum Gasteiger partial charge on any atom is 0.255 e. The Labute approximate surface area is 175 Å². The number of halogens is 1. The molecule has 29 heavy (non-hydrogen) atoms. The lowest BCUT2D eigenvalue weighted by molar-refractivity contribution is 0.102. The Morgan fingerprint density at radius 2 is 1.72 bits per heavy atom. The van der Waals surface area contributed by atoms with Gasteiger partial charge in [0.2, 0.25) is 0 Å². The van der Waals surface area contributed by atoms with Gasteiger partial charge in [0.05, 0.1) is 18.7 Å². The molecule has 1 N–H and O–H groups in total. The Hall–Kier alpha value is -3.18. The number of ether oxygens (including phenoxy) is 3. The summed E-state index contributed by atoms with van der Waals surface area (Å²) in [5, 5.41) is 3.16. The zero-order valence-electron chi connectivity index (χ0n) is 16.3. The first-order valence-corrected chi connectivity index (χ1v) is 9.57. The highest BCUT2D eigenvalue weighted by atomic mass is 35.5. The molecule has 3 rings (SSSR count). The fourth-order valence-electron chi connectivity index (χ4n) is 2.70. The minimum absolute atomic E-state index is 0.301. The summed E-state index contributed by atoms with van der Waals surface area (Å²) < 4.78 is 16.7. The van der Waals surface area contributed by atoms with Crippen LogP contribution in [0.2, 0.25) is 5.02 Å². The van der Waals surface area contributed by atoms with Crippen molar-refractivity contribution in [3.05, 3.63) is 82.9 Å². The molecule has 0 atom stereocenters. The Kier molecular flexibility index (Phi) is 6.98. The van der Waals surface area contributed by atoms with Crippen molar-refractivity contribution in [2.24, 2.45) is 0 Å². The van der Waals surface area contributed by atoms with Crippen LogP contribution in [-0.4, -0.2) is 19.6 Å². The van der Waals surface area contributed by atoms with Crippen molar-refractivity contribution in [1.82, 2.24) is 0 Å². The summed E-state index contributed by atoms with van der Waals surface area (Å²) >= 11 is 6.38. The van der Waals surface area contributed by atoms with Crippen LogP contribution >= 0.6 is 11.6 Å². The molecule has 0 aromatic heterocycles. The van der Waals surface area contributed by atoms with Gasteiger partial charge in [0, 0.05) is 11.3 Å². The highest BCUT2D eigenvalue weighted by molar-refractivity contribution is 6.32. The van der Waals surface area contributed by atoms with Crippen molar-refractivity contribution in [3.63, 3.8) is 0 Å². The Morgan fingerprint density at radius 3 is 2.38 bits per heavy atom. The van der Waals surface area contributed by atoms with E-state index in [4.69, 9.17) is 25.8 Å². The molecule has 0 saturated heterocycles. The first-order chi connectivity index (χ1) is 14.1. The van der Waals surface area contributed by atoms with Gasteiger partial charge in [0.15, 0.2) is 11.5 Å². The van der Waals surface area contributed by atoms with E-state index in [1.54, 1.807) is 43.5 Å². The van der Waals surface area contributed by atoms with E-state index in [0.29, 0.717) is 46.7 Å². The number of hydrogen-bond acceptors (Lipinski definition) is 4. The van der Waals surface area contributed by atoms with Crippen LogP contribution in [-0.2, 0) is 6.61 Å². The SMILES string of the molecule is CCOc1c(Cl)cc(C(=O)Nc2ccc(OC)cc2)cc1OCc1ccccc1. The van der Waals surface area contributed by atoms with Crippen LogP contribution in [0.1, 0.15) is 22.8 Å². The highest BCUT2D eigenvalue weighted by Gasteiger charge is 2.17. The van der Waals surface area contributed by atoms with E-state index in [1.165, 1.54) is 0 Å². The minimum Gasteiger partial charge on any atom is -0.497 e. The average Bonchev–Trinajstić information content (AvgIpc) is 2.75. The van der Waals surface area contributed by atoms with E-state index >= 15 is 0 Å². The summed E-state index contributed by atoms with van der Waals surface area (Å²) in [5.41, 5.74) is 2.02. The molecule has 0 fully saturated rings. The Balaban J connectivity index is 1.82. The van der Waals surface area contributed by atoms with Gasteiger partial charge in [-0.2, -0.15) is 0 Å². The number of amides is 1. The molecule has 5 nitrogen and oxygen atoms in total. The van der Waals surface area contributed by atoms with Gasteiger partial charge in [-0.05, 0) is 48.9 Å². The molecule has 6 heteroatoms. The van der Waals surface area contributed by atoms with Crippen LogP contribution in [0.5, 0.6) is 17.2 Å². The van der Waals surface area contributed by atoms with Crippen LogP contribution in [0.4, 0.5) is 5.69 Å². The molecule has 0 saturated carbocycles. The molecule has 0 heterocycles. The van der Waals surface area contributed by atoms with Crippen molar-refractivity contribution in [3.8, 4) is 17.2 Å². The molecule has 0 aliphatic heterocycles. The second-order valence-electron chi connectivity index (χ2n) is 6.18. The summed E-state index contributed by atoms with van der Waals surface area (Å²) in [4.78, 5) is 12.7. The lowest BCUT2D eigenvalue weighted by atomic mass is 10.1. The molecule has 0 aliphatic rings. The smallest absolute Gasteiger partial charge is 0.255 e. The summed E-state index contributed by atoms with van der Waals surface area (Å²) in [7, 11) is 1.59. The van der Waals surface area contributed by atoms with Gasteiger partial charge < -0.3 is 19.5 Å². The molecular formula is C23H22ClNO4. The molecular weight excluding hydrogens is 390 g/mol. The van der Waals surface area contributed by atoms with E-state index in [0.717, 1.165) is 5.56 Å². The quantitative estimate of drug-likeness (QED) is 0.525. The van der Waals surface area contributed by atoms with Gasteiger partial charge in [-0.15, -0.1) is 0 Å². The van der Waals surface area contributed by atoms with E-state index in [-0.39, 0.29) is 5.91 Å². The van der Waals surface area contributed by atoms with Crippen molar-refractivity contribution in [1.29, 1.82) is 0 Å². The number of rotatable bonds is 8. The Bertz CT molecular complexity index is 959. The fraction of sp³-hybridized carbons (Fsp3) is 0.174. The van der Waals surface area contributed by atoms with Gasteiger partial charge in [-0.3, -0.25) is 4.79 Å². The first-order valence-electron chi connectivity index (χ1n) is 9.19. The molecule has 0 unspecified atom stereocenters. The second kappa shape index (κ2) is 9.85. The molecule has 0 bridgehead atoms. The highest BCUT2D eigenvalue weighted by Crippen LogP contribution is 2.37. The normalized spacial score (nSPS) is 10.3. The predicted molar refractivity (Wildman–Crippen MR) is 114 cm³/mol. The van der Waals surface area contributed by atoms with E-state index < -0.39 is 0 Å². The van der Waals surface area contributed by atoms with Crippen molar-refractivity contribution in [2.45, 2.75) is 13.5 Å². The third-order valence-corrected chi connectivity index (χ3v) is 4.43. The monoisotopic (exact) mass is 411 g/mol. The molecule has 0 spiro atoms.